The first kappa shape index (κ1) is 18.8. The lowest BCUT2D eigenvalue weighted by Crippen LogP contribution is -2.33. The number of hydrogen-bond donors (Lipinski definition) is 2. The second kappa shape index (κ2) is 7.91. The smallest absolute Gasteiger partial charge is 0.253 e. The van der Waals surface area contributed by atoms with Crippen molar-refractivity contribution in [1.29, 1.82) is 0 Å². The minimum Gasteiger partial charge on any atom is -0.351 e. The lowest BCUT2D eigenvalue weighted by atomic mass is 10.1. The number of aromatic nitrogens is 2. The predicted octanol–water partition coefficient (Wildman–Crippen LogP) is 2.27. The quantitative estimate of drug-likeness (QED) is 0.685. The van der Waals surface area contributed by atoms with Crippen molar-refractivity contribution < 1.29 is 9.59 Å². The van der Waals surface area contributed by atoms with Gasteiger partial charge in [-0.3, -0.25) is 9.59 Å². The summed E-state index contributed by atoms with van der Waals surface area (Å²) in [6.07, 6.45) is 2.50. The Kier molecular flexibility index (Phi) is 4.96. The van der Waals surface area contributed by atoms with Crippen LogP contribution in [0.4, 0.5) is 0 Å². The maximum absolute atomic E-state index is 12.7. The molecule has 2 aliphatic heterocycles. The first-order valence-corrected chi connectivity index (χ1v) is 10.6. The molecule has 1 aromatic heterocycles. The third-order valence-electron chi connectivity index (χ3n) is 5.93. The van der Waals surface area contributed by atoms with Crippen LogP contribution in [0.3, 0.4) is 0 Å². The molecule has 154 valence electrons. The summed E-state index contributed by atoms with van der Waals surface area (Å²) in [6.45, 7) is 4.98. The molecule has 2 N–H and O–H groups in total. The van der Waals surface area contributed by atoms with Gasteiger partial charge in [-0.1, -0.05) is 18.2 Å². The molecule has 5 rings (SSSR count). The summed E-state index contributed by atoms with van der Waals surface area (Å²) in [5.41, 5.74) is 3.78. The Bertz CT molecular complexity index is 1110. The topological polar surface area (TPSA) is 79.3 Å². The lowest BCUT2D eigenvalue weighted by molar-refractivity contribution is 0.0944. The zero-order valence-corrected chi connectivity index (χ0v) is 16.9. The minimum absolute atomic E-state index is 0.0689. The minimum atomic E-state index is -0.0723. The van der Waals surface area contributed by atoms with Crippen LogP contribution in [0.5, 0.6) is 0 Å². The van der Waals surface area contributed by atoms with Gasteiger partial charge in [0.2, 0.25) is 0 Å². The predicted molar refractivity (Wildman–Crippen MR) is 116 cm³/mol. The van der Waals surface area contributed by atoms with Crippen molar-refractivity contribution in [3.05, 3.63) is 53.6 Å². The molecular weight excluding hydrogens is 378 g/mol. The molecule has 30 heavy (non-hydrogen) atoms. The molecule has 0 atom stereocenters. The molecule has 2 amide bonds. The summed E-state index contributed by atoms with van der Waals surface area (Å²) in [5, 5.41) is 5.97. The van der Waals surface area contributed by atoms with Gasteiger partial charge in [-0.05, 0) is 50.2 Å². The Hall–Kier alpha value is -3.19. The van der Waals surface area contributed by atoms with E-state index in [1.54, 1.807) is 0 Å². The third-order valence-corrected chi connectivity index (χ3v) is 5.93. The van der Waals surface area contributed by atoms with Crippen LogP contribution >= 0.6 is 0 Å². The zero-order valence-electron chi connectivity index (χ0n) is 16.9. The number of benzene rings is 2. The number of rotatable bonds is 5. The van der Waals surface area contributed by atoms with Crippen LogP contribution in [0, 0.1) is 0 Å². The van der Waals surface area contributed by atoms with Crippen molar-refractivity contribution in [3.63, 3.8) is 0 Å². The van der Waals surface area contributed by atoms with Crippen molar-refractivity contribution in [2.75, 3.05) is 32.7 Å². The van der Waals surface area contributed by atoms with E-state index in [4.69, 9.17) is 4.98 Å². The van der Waals surface area contributed by atoms with E-state index in [9.17, 15) is 9.59 Å². The van der Waals surface area contributed by atoms with E-state index in [1.165, 1.54) is 12.8 Å². The average molecular weight is 403 g/mol. The fourth-order valence-electron chi connectivity index (χ4n) is 4.42. The molecule has 2 aromatic carbocycles. The van der Waals surface area contributed by atoms with Gasteiger partial charge < -0.3 is 20.1 Å². The van der Waals surface area contributed by atoms with Gasteiger partial charge in [0.25, 0.3) is 11.8 Å². The largest absolute Gasteiger partial charge is 0.351 e. The van der Waals surface area contributed by atoms with Crippen molar-refractivity contribution >= 4 is 22.8 Å². The fraction of sp³-hybridized carbons (Fsp3) is 0.348. The van der Waals surface area contributed by atoms with Gasteiger partial charge in [0, 0.05) is 37.3 Å². The number of nitrogens with one attached hydrogen (secondary N) is 2. The highest BCUT2D eigenvalue weighted by molar-refractivity contribution is 6.06. The molecule has 0 spiro atoms. The molecule has 2 aliphatic rings. The Balaban J connectivity index is 1.42. The Morgan fingerprint density at radius 3 is 2.80 bits per heavy atom. The lowest BCUT2D eigenvalue weighted by Gasteiger charge is -2.15. The Morgan fingerprint density at radius 1 is 1.10 bits per heavy atom. The van der Waals surface area contributed by atoms with Gasteiger partial charge in [0.1, 0.15) is 5.82 Å². The highest BCUT2D eigenvalue weighted by Crippen LogP contribution is 2.28. The highest BCUT2D eigenvalue weighted by atomic mass is 16.2. The van der Waals surface area contributed by atoms with E-state index in [1.807, 2.05) is 42.5 Å². The number of likely N-dealkylation sites (tertiary alicyclic amines) is 1. The van der Waals surface area contributed by atoms with Gasteiger partial charge >= 0.3 is 0 Å². The molecule has 3 heterocycles. The van der Waals surface area contributed by atoms with Crippen LogP contribution in [-0.2, 0) is 6.54 Å². The van der Waals surface area contributed by atoms with Gasteiger partial charge in [-0.2, -0.15) is 0 Å². The van der Waals surface area contributed by atoms with E-state index >= 15 is 0 Å². The highest BCUT2D eigenvalue weighted by Gasteiger charge is 2.22. The van der Waals surface area contributed by atoms with Gasteiger partial charge in [0.05, 0.1) is 16.6 Å². The number of carbonyl (C=O) groups excluding carboxylic acids is 2. The molecule has 0 aliphatic carbocycles. The molecule has 7 heteroatoms. The van der Waals surface area contributed by atoms with Crippen molar-refractivity contribution in [3.8, 4) is 11.4 Å². The van der Waals surface area contributed by atoms with Crippen molar-refractivity contribution in [1.82, 2.24) is 25.1 Å². The molecule has 0 radical (unpaired) electrons. The standard InChI is InChI=1S/C23H25N5O2/c29-22(24-9-13-27-11-1-2-12-27)17-6-3-5-16(15-17)21-26-19-8-4-7-18-20(19)28(21)14-10-25-23(18)30/h3-8,15H,1-2,9-14H2,(H,24,29)(H,25,30). The summed E-state index contributed by atoms with van der Waals surface area (Å²) in [7, 11) is 0. The van der Waals surface area contributed by atoms with E-state index in [2.05, 4.69) is 20.1 Å². The van der Waals surface area contributed by atoms with Gasteiger partial charge in [-0.25, -0.2) is 4.98 Å². The van der Waals surface area contributed by atoms with E-state index in [0.29, 0.717) is 30.8 Å². The molecular formula is C23H25N5O2. The SMILES string of the molecule is O=C(NCCN1CCCC1)c1cccc(-c2nc3cccc4c3n2CCNC4=O)c1. The maximum Gasteiger partial charge on any atom is 0.253 e. The molecule has 0 saturated carbocycles. The van der Waals surface area contributed by atoms with Crippen molar-refractivity contribution in [2.45, 2.75) is 19.4 Å². The molecule has 7 nitrogen and oxygen atoms in total. The van der Waals surface area contributed by atoms with Crippen LogP contribution in [0.15, 0.2) is 42.5 Å². The fourth-order valence-corrected chi connectivity index (χ4v) is 4.42. The average Bonchev–Trinajstić information content (AvgIpc) is 3.37. The molecule has 0 bridgehead atoms. The molecule has 3 aromatic rings. The molecule has 1 fully saturated rings. The first-order valence-electron chi connectivity index (χ1n) is 10.6. The monoisotopic (exact) mass is 403 g/mol. The van der Waals surface area contributed by atoms with E-state index < -0.39 is 0 Å². The van der Waals surface area contributed by atoms with Crippen LogP contribution in [0.1, 0.15) is 33.6 Å². The van der Waals surface area contributed by atoms with Gasteiger partial charge in [-0.15, -0.1) is 0 Å². The summed E-state index contributed by atoms with van der Waals surface area (Å²) in [5.74, 6) is 0.637. The van der Waals surface area contributed by atoms with Gasteiger partial charge in [0.15, 0.2) is 0 Å². The number of amides is 2. The second-order valence-electron chi connectivity index (χ2n) is 7.90. The number of carbonyl (C=O) groups is 2. The van der Waals surface area contributed by atoms with Crippen LogP contribution in [0.2, 0.25) is 0 Å². The Labute approximate surface area is 175 Å². The summed E-state index contributed by atoms with van der Waals surface area (Å²) in [4.78, 5) is 32.2. The van der Waals surface area contributed by atoms with Crippen LogP contribution in [-0.4, -0.2) is 59.0 Å². The Morgan fingerprint density at radius 2 is 1.93 bits per heavy atom. The number of hydrogen-bond acceptors (Lipinski definition) is 4. The number of imidazole rings is 1. The summed E-state index contributed by atoms with van der Waals surface area (Å²) >= 11 is 0. The normalized spacial score (nSPS) is 16.5. The van der Waals surface area contributed by atoms with Crippen molar-refractivity contribution in [2.24, 2.45) is 0 Å². The first-order chi connectivity index (χ1) is 14.7. The van der Waals surface area contributed by atoms with E-state index in [0.717, 1.165) is 42.1 Å². The van der Waals surface area contributed by atoms with Crippen LogP contribution < -0.4 is 10.6 Å². The second-order valence-corrected chi connectivity index (χ2v) is 7.90. The van der Waals surface area contributed by atoms with E-state index in [-0.39, 0.29) is 11.8 Å². The third kappa shape index (κ3) is 3.45. The number of nitrogens with zero attached hydrogens (tertiary/aromatic N) is 3. The molecule has 0 unspecified atom stereocenters. The summed E-state index contributed by atoms with van der Waals surface area (Å²) < 4.78 is 2.08. The van der Waals surface area contributed by atoms with Crippen LogP contribution in [0.25, 0.3) is 22.4 Å². The number of para-hydroxylation sites is 1. The summed E-state index contributed by atoms with van der Waals surface area (Å²) in [6, 6.07) is 13.2. The molecule has 1 saturated heterocycles. The maximum atomic E-state index is 12.7. The zero-order chi connectivity index (χ0) is 20.5.